The molecule has 1 aliphatic heterocycles. The number of carbonyl (C=O) groups is 1. The summed E-state index contributed by atoms with van der Waals surface area (Å²) < 4.78 is 34.9. The molecule has 2 aliphatic rings. The van der Waals surface area contributed by atoms with E-state index < -0.39 is 10.2 Å². The Morgan fingerprint density at radius 1 is 1.05 bits per heavy atom. The molecule has 2 fully saturated rings. The first kappa shape index (κ1) is 27.8. The topological polar surface area (TPSA) is 79.0 Å². The van der Waals surface area contributed by atoms with E-state index in [4.69, 9.17) is 4.74 Å². The Kier molecular flexibility index (Phi) is 9.40. The second-order valence-electron chi connectivity index (χ2n) is 10.4. The van der Waals surface area contributed by atoms with Crippen LogP contribution in [-0.2, 0) is 26.8 Å². The molecular weight excluding hydrogens is 486 g/mol. The first-order valence-electron chi connectivity index (χ1n) is 13.6. The molecule has 2 aromatic rings. The van der Waals surface area contributed by atoms with Crippen LogP contribution in [-0.4, -0.2) is 68.9 Å². The Morgan fingerprint density at radius 2 is 1.70 bits per heavy atom. The van der Waals surface area contributed by atoms with Crippen molar-refractivity contribution in [3.63, 3.8) is 0 Å². The molecule has 0 radical (unpaired) electrons. The highest BCUT2D eigenvalue weighted by Gasteiger charge is 2.41. The average molecular weight is 528 g/mol. The zero-order valence-electron chi connectivity index (χ0n) is 22.2. The van der Waals surface area contributed by atoms with Crippen molar-refractivity contribution >= 4 is 16.1 Å². The number of hydrogen-bond acceptors (Lipinski definition) is 4. The number of hydrogen-bond donors (Lipinski definition) is 1. The molecule has 37 heavy (non-hydrogen) atoms. The fraction of sp³-hybridized carbons (Fsp3) is 0.552. The first-order valence-corrected chi connectivity index (χ1v) is 15.0. The summed E-state index contributed by atoms with van der Waals surface area (Å²) in [4.78, 5) is 13.3. The van der Waals surface area contributed by atoms with Crippen LogP contribution in [0.3, 0.4) is 0 Å². The maximum atomic E-state index is 13.3. The Balaban J connectivity index is 1.47. The van der Waals surface area contributed by atoms with Gasteiger partial charge in [-0.1, -0.05) is 61.9 Å². The van der Waals surface area contributed by atoms with Crippen molar-refractivity contribution in [2.45, 2.75) is 63.3 Å². The van der Waals surface area contributed by atoms with Crippen LogP contribution in [0.2, 0.25) is 0 Å². The van der Waals surface area contributed by atoms with Crippen molar-refractivity contribution in [2.75, 3.05) is 39.9 Å². The molecule has 202 valence electrons. The molecule has 1 saturated carbocycles. The predicted octanol–water partition coefficient (Wildman–Crippen LogP) is 4.15. The number of benzene rings is 2. The van der Waals surface area contributed by atoms with E-state index in [1.54, 1.807) is 11.4 Å². The second kappa shape index (κ2) is 12.5. The lowest BCUT2D eigenvalue weighted by Gasteiger charge is -2.44. The largest absolute Gasteiger partial charge is 0.379 e. The van der Waals surface area contributed by atoms with Gasteiger partial charge >= 0.3 is 0 Å². The molecular formula is C29H41N3O4S. The van der Waals surface area contributed by atoms with Crippen LogP contribution in [0.25, 0.3) is 0 Å². The molecule has 1 N–H and O–H groups in total. The summed E-state index contributed by atoms with van der Waals surface area (Å²) in [6.07, 6.45) is 6.15. The quantitative estimate of drug-likeness (QED) is 0.504. The number of carbonyl (C=O) groups excluding carboxylic acids is 1. The molecule has 4 rings (SSSR count). The summed E-state index contributed by atoms with van der Waals surface area (Å²) >= 11 is 0. The number of nitrogens with one attached hydrogen (secondary N) is 1. The maximum absolute atomic E-state index is 13.3. The van der Waals surface area contributed by atoms with Gasteiger partial charge in [-0.15, -0.1) is 0 Å². The average Bonchev–Trinajstić information content (AvgIpc) is 2.95. The van der Waals surface area contributed by atoms with Gasteiger partial charge in [0.05, 0.1) is 13.2 Å². The van der Waals surface area contributed by atoms with E-state index in [2.05, 4.69) is 24.4 Å². The van der Waals surface area contributed by atoms with Gasteiger partial charge in [-0.05, 0) is 55.7 Å². The molecule has 1 saturated heterocycles. The molecule has 0 spiro atoms. The third-order valence-corrected chi connectivity index (χ3v) is 10.2. The summed E-state index contributed by atoms with van der Waals surface area (Å²) in [7, 11) is -1.81. The third-order valence-electron chi connectivity index (χ3n) is 8.12. The molecule has 1 heterocycles. The molecule has 1 amide bonds. The van der Waals surface area contributed by atoms with E-state index in [-0.39, 0.29) is 17.4 Å². The minimum absolute atomic E-state index is 0.0313. The summed E-state index contributed by atoms with van der Waals surface area (Å²) in [6.45, 7) is 4.38. The van der Waals surface area contributed by atoms with Gasteiger partial charge in [0.25, 0.3) is 16.1 Å². The molecule has 2 aromatic carbocycles. The molecule has 0 atom stereocenters. The highest BCUT2D eigenvalue weighted by atomic mass is 32.2. The van der Waals surface area contributed by atoms with Gasteiger partial charge in [-0.3, -0.25) is 4.79 Å². The van der Waals surface area contributed by atoms with Crippen LogP contribution in [0.4, 0.5) is 0 Å². The lowest BCUT2D eigenvalue weighted by molar-refractivity contribution is 0.0688. The van der Waals surface area contributed by atoms with Crippen LogP contribution in [0, 0.1) is 0 Å². The van der Waals surface area contributed by atoms with Gasteiger partial charge < -0.3 is 10.1 Å². The number of amides is 1. The van der Waals surface area contributed by atoms with E-state index in [0.717, 1.165) is 56.1 Å². The highest BCUT2D eigenvalue weighted by Crippen LogP contribution is 2.41. The highest BCUT2D eigenvalue weighted by molar-refractivity contribution is 7.86. The molecule has 0 unspecified atom stereocenters. The third kappa shape index (κ3) is 6.42. The summed E-state index contributed by atoms with van der Waals surface area (Å²) in [5.41, 5.74) is 2.82. The zero-order chi connectivity index (χ0) is 26.3. The number of rotatable bonds is 10. The van der Waals surface area contributed by atoms with Crippen LogP contribution >= 0.6 is 0 Å². The summed E-state index contributed by atoms with van der Waals surface area (Å²) in [6, 6.07) is 18.2. The van der Waals surface area contributed by atoms with Crippen LogP contribution in [0.5, 0.6) is 0 Å². The van der Waals surface area contributed by atoms with Crippen molar-refractivity contribution in [3.05, 3.63) is 71.3 Å². The normalized spacial score (nSPS) is 23.2. The van der Waals surface area contributed by atoms with E-state index in [1.807, 2.05) is 42.5 Å². The van der Waals surface area contributed by atoms with Crippen molar-refractivity contribution in [1.82, 2.24) is 13.9 Å². The number of nitrogens with zero attached hydrogens (tertiary/aromatic N) is 2. The van der Waals surface area contributed by atoms with E-state index in [9.17, 15) is 13.2 Å². The first-order chi connectivity index (χ1) is 17.9. The summed E-state index contributed by atoms with van der Waals surface area (Å²) in [5.74, 6) is -0.0313. The minimum Gasteiger partial charge on any atom is -0.379 e. The van der Waals surface area contributed by atoms with Crippen molar-refractivity contribution < 1.29 is 17.9 Å². The monoisotopic (exact) mass is 527 g/mol. The number of aryl methyl sites for hydroxylation is 1. The van der Waals surface area contributed by atoms with Crippen LogP contribution in [0.1, 0.15) is 66.9 Å². The lowest BCUT2D eigenvalue weighted by atomic mass is 9.68. The SMILES string of the molecule is CCCCc1ccccc1C(=O)NCC1(c2ccccc2)CCC(N(C)S(=O)(=O)N2CCOCC2)CC1. The number of unbranched alkanes of at least 4 members (excludes halogenated alkanes) is 1. The molecule has 1 aliphatic carbocycles. The van der Waals surface area contributed by atoms with E-state index >= 15 is 0 Å². The standard InChI is InChI=1S/C29H41N3O4S/c1-3-4-10-24-11-8-9-14-27(24)28(33)30-23-29(25-12-6-5-7-13-25)17-15-26(16-18-29)31(2)37(34,35)32-19-21-36-22-20-32/h5-9,11-14,26H,3-4,10,15-23H2,1-2H3,(H,30,33). The van der Waals surface area contributed by atoms with Crippen molar-refractivity contribution in [3.8, 4) is 0 Å². The lowest BCUT2D eigenvalue weighted by Crippen LogP contribution is -2.52. The smallest absolute Gasteiger partial charge is 0.282 e. The predicted molar refractivity (Wildman–Crippen MR) is 147 cm³/mol. The Bertz CT molecular complexity index is 1120. The van der Waals surface area contributed by atoms with Crippen LogP contribution < -0.4 is 5.32 Å². The van der Waals surface area contributed by atoms with E-state index in [0.29, 0.717) is 32.8 Å². The Hall–Kier alpha value is -2.26. The molecule has 8 heteroatoms. The van der Waals surface area contributed by atoms with Gasteiger partial charge in [-0.2, -0.15) is 17.0 Å². The Morgan fingerprint density at radius 3 is 2.38 bits per heavy atom. The van der Waals surface area contributed by atoms with Crippen molar-refractivity contribution in [1.29, 1.82) is 0 Å². The zero-order valence-corrected chi connectivity index (χ0v) is 23.0. The molecule has 0 aromatic heterocycles. The van der Waals surface area contributed by atoms with Gasteiger partial charge in [0.15, 0.2) is 0 Å². The van der Waals surface area contributed by atoms with Crippen molar-refractivity contribution in [2.24, 2.45) is 0 Å². The van der Waals surface area contributed by atoms with Crippen LogP contribution in [0.15, 0.2) is 54.6 Å². The van der Waals surface area contributed by atoms with Gasteiger partial charge in [0.1, 0.15) is 0 Å². The van der Waals surface area contributed by atoms with Gasteiger partial charge in [0.2, 0.25) is 0 Å². The summed E-state index contributed by atoms with van der Waals surface area (Å²) in [5, 5.41) is 3.26. The molecule has 0 bridgehead atoms. The van der Waals surface area contributed by atoms with E-state index in [1.165, 1.54) is 9.87 Å². The minimum atomic E-state index is -3.52. The maximum Gasteiger partial charge on any atom is 0.282 e. The number of morpholine rings is 1. The second-order valence-corrected chi connectivity index (χ2v) is 12.3. The van der Waals surface area contributed by atoms with Gasteiger partial charge in [-0.25, -0.2) is 0 Å². The number of ether oxygens (including phenoxy) is 1. The van der Waals surface area contributed by atoms with Gasteiger partial charge in [0, 0.05) is 43.7 Å². The fourth-order valence-corrected chi connectivity index (χ4v) is 7.26. The Labute approximate surface area is 222 Å². The fourth-order valence-electron chi connectivity index (χ4n) is 5.70. The molecule has 7 nitrogen and oxygen atoms in total.